The second-order valence-corrected chi connectivity index (χ2v) is 6.72. The summed E-state index contributed by atoms with van der Waals surface area (Å²) in [6.07, 6.45) is 0. The first-order valence-corrected chi connectivity index (χ1v) is 6.99. The van der Waals surface area contributed by atoms with Gasteiger partial charge in [-0.1, -0.05) is 29.8 Å². The molecule has 0 saturated carbocycles. The van der Waals surface area contributed by atoms with Crippen LogP contribution >= 0.6 is 15.9 Å². The molecule has 1 N–H and O–H groups in total. The van der Waals surface area contributed by atoms with Crippen LogP contribution < -0.4 is 10.2 Å². The molecule has 1 unspecified atom stereocenters. The summed E-state index contributed by atoms with van der Waals surface area (Å²) in [6, 6.07) is 9.16. The number of benzene rings is 1. The summed E-state index contributed by atoms with van der Waals surface area (Å²) in [6.45, 7) is 10.2. The number of halogens is 1. The van der Waals surface area contributed by atoms with Crippen LogP contribution in [0, 0.1) is 5.41 Å². The highest BCUT2D eigenvalue weighted by molar-refractivity contribution is 9.10. The molecule has 17 heavy (non-hydrogen) atoms. The van der Waals surface area contributed by atoms with E-state index in [1.54, 1.807) is 0 Å². The van der Waals surface area contributed by atoms with Crippen LogP contribution in [0.25, 0.3) is 0 Å². The van der Waals surface area contributed by atoms with E-state index in [0.717, 1.165) is 24.1 Å². The minimum Gasteiger partial charge on any atom is -0.369 e. The van der Waals surface area contributed by atoms with E-state index in [1.807, 2.05) is 0 Å². The van der Waals surface area contributed by atoms with Crippen LogP contribution in [0.3, 0.4) is 0 Å². The van der Waals surface area contributed by atoms with Crippen molar-refractivity contribution in [3.05, 3.63) is 28.7 Å². The lowest BCUT2D eigenvalue weighted by molar-refractivity contribution is 0.362. The summed E-state index contributed by atoms with van der Waals surface area (Å²) in [4.78, 5) is 2.48. The molecule has 0 amide bonds. The zero-order chi connectivity index (χ0) is 12.5. The van der Waals surface area contributed by atoms with Crippen molar-refractivity contribution in [3.8, 4) is 0 Å². The molecule has 0 aromatic heterocycles. The summed E-state index contributed by atoms with van der Waals surface area (Å²) < 4.78 is 1.14. The van der Waals surface area contributed by atoms with Gasteiger partial charge in [0.05, 0.1) is 0 Å². The molecule has 1 aliphatic heterocycles. The summed E-state index contributed by atoms with van der Waals surface area (Å²) in [5, 5.41) is 3.59. The predicted molar refractivity (Wildman–Crippen MR) is 77.6 cm³/mol. The number of anilines is 1. The molecule has 0 spiro atoms. The Balaban J connectivity index is 2.20. The van der Waals surface area contributed by atoms with Crippen molar-refractivity contribution in [1.29, 1.82) is 0 Å². The Hall–Kier alpha value is -0.540. The maximum atomic E-state index is 3.59. The fourth-order valence-electron chi connectivity index (χ4n) is 2.33. The molecule has 1 saturated heterocycles. The Bertz CT molecular complexity index is 372. The van der Waals surface area contributed by atoms with Crippen LogP contribution in [0.4, 0.5) is 5.69 Å². The second-order valence-electron chi connectivity index (χ2n) is 5.80. The smallest absolute Gasteiger partial charge is 0.0367 e. The quantitative estimate of drug-likeness (QED) is 0.856. The normalized spacial score (nSPS) is 24.5. The van der Waals surface area contributed by atoms with Gasteiger partial charge in [-0.05, 0) is 36.6 Å². The van der Waals surface area contributed by atoms with Crippen LogP contribution in [-0.4, -0.2) is 25.7 Å². The molecule has 1 heterocycles. The van der Waals surface area contributed by atoms with Gasteiger partial charge in [-0.3, -0.25) is 0 Å². The van der Waals surface area contributed by atoms with Crippen molar-refractivity contribution in [2.24, 2.45) is 5.41 Å². The first-order chi connectivity index (χ1) is 7.96. The molecule has 2 rings (SSSR count). The summed E-state index contributed by atoms with van der Waals surface area (Å²) in [7, 11) is 0. The highest BCUT2D eigenvalue weighted by Crippen LogP contribution is 2.25. The molecular formula is C14H21BrN2. The highest BCUT2D eigenvalue weighted by Gasteiger charge is 2.27. The average molecular weight is 297 g/mol. The fraction of sp³-hybridized carbons (Fsp3) is 0.571. The van der Waals surface area contributed by atoms with Gasteiger partial charge in [0.1, 0.15) is 0 Å². The van der Waals surface area contributed by atoms with Gasteiger partial charge in [-0.25, -0.2) is 0 Å². The lowest BCUT2D eigenvalue weighted by atomic mass is 9.93. The molecule has 2 nitrogen and oxygen atoms in total. The van der Waals surface area contributed by atoms with Crippen LogP contribution in [0.5, 0.6) is 0 Å². The Morgan fingerprint density at radius 1 is 1.29 bits per heavy atom. The van der Waals surface area contributed by atoms with E-state index in [1.165, 1.54) is 5.69 Å². The van der Waals surface area contributed by atoms with Crippen LogP contribution in [-0.2, 0) is 0 Å². The first kappa shape index (κ1) is 12.9. The Morgan fingerprint density at radius 2 is 1.94 bits per heavy atom. The molecule has 1 fully saturated rings. The zero-order valence-electron chi connectivity index (χ0n) is 10.8. The zero-order valence-corrected chi connectivity index (χ0v) is 12.4. The van der Waals surface area contributed by atoms with Crippen LogP contribution in [0.1, 0.15) is 20.8 Å². The van der Waals surface area contributed by atoms with Gasteiger partial charge in [0.15, 0.2) is 0 Å². The third kappa shape index (κ3) is 3.46. The lowest BCUT2D eigenvalue weighted by Crippen LogP contribution is -2.35. The van der Waals surface area contributed by atoms with E-state index >= 15 is 0 Å². The standard InChI is InChI=1S/C14H21BrN2/c1-11-8-17(10-14(2,3)9-16-11)13-6-4-12(15)5-7-13/h4-7,11,16H,8-10H2,1-3H3. The van der Waals surface area contributed by atoms with Gasteiger partial charge in [0.2, 0.25) is 0 Å². The van der Waals surface area contributed by atoms with Gasteiger partial charge in [-0.15, -0.1) is 0 Å². The van der Waals surface area contributed by atoms with E-state index in [-0.39, 0.29) is 0 Å². The molecule has 0 radical (unpaired) electrons. The van der Waals surface area contributed by atoms with Crippen molar-refractivity contribution in [2.75, 3.05) is 24.5 Å². The topological polar surface area (TPSA) is 15.3 Å². The highest BCUT2D eigenvalue weighted by atomic mass is 79.9. The monoisotopic (exact) mass is 296 g/mol. The Labute approximate surface area is 113 Å². The molecular weight excluding hydrogens is 276 g/mol. The molecule has 3 heteroatoms. The molecule has 0 bridgehead atoms. The van der Waals surface area contributed by atoms with Crippen molar-refractivity contribution >= 4 is 21.6 Å². The van der Waals surface area contributed by atoms with Gasteiger partial charge in [-0.2, -0.15) is 0 Å². The number of hydrogen-bond donors (Lipinski definition) is 1. The van der Waals surface area contributed by atoms with Crippen molar-refractivity contribution in [3.63, 3.8) is 0 Å². The summed E-state index contributed by atoms with van der Waals surface area (Å²) in [5.41, 5.74) is 1.63. The minimum absolute atomic E-state index is 0.317. The maximum absolute atomic E-state index is 3.59. The molecule has 1 aromatic rings. The van der Waals surface area contributed by atoms with E-state index in [9.17, 15) is 0 Å². The van der Waals surface area contributed by atoms with Crippen molar-refractivity contribution < 1.29 is 0 Å². The van der Waals surface area contributed by atoms with Gasteiger partial charge < -0.3 is 10.2 Å². The SMILES string of the molecule is CC1CN(c2ccc(Br)cc2)CC(C)(C)CN1. The van der Waals surface area contributed by atoms with Gasteiger partial charge in [0, 0.05) is 35.8 Å². The number of hydrogen-bond acceptors (Lipinski definition) is 2. The van der Waals surface area contributed by atoms with Crippen LogP contribution in [0.2, 0.25) is 0 Å². The number of rotatable bonds is 1. The first-order valence-electron chi connectivity index (χ1n) is 6.20. The lowest BCUT2D eigenvalue weighted by Gasteiger charge is -2.31. The minimum atomic E-state index is 0.317. The van der Waals surface area contributed by atoms with E-state index in [2.05, 4.69) is 71.2 Å². The third-order valence-corrected chi connectivity index (χ3v) is 3.76. The summed E-state index contributed by atoms with van der Waals surface area (Å²) in [5.74, 6) is 0. The molecule has 1 aromatic carbocycles. The fourth-order valence-corrected chi connectivity index (χ4v) is 2.60. The maximum Gasteiger partial charge on any atom is 0.0367 e. The number of nitrogens with one attached hydrogen (secondary N) is 1. The molecule has 94 valence electrons. The molecule has 1 atom stereocenters. The Kier molecular flexibility index (Phi) is 3.79. The number of nitrogens with zero attached hydrogens (tertiary/aromatic N) is 1. The van der Waals surface area contributed by atoms with E-state index in [0.29, 0.717) is 11.5 Å². The van der Waals surface area contributed by atoms with Gasteiger partial charge in [0.25, 0.3) is 0 Å². The van der Waals surface area contributed by atoms with Crippen LogP contribution in [0.15, 0.2) is 28.7 Å². The molecule has 0 aliphatic carbocycles. The predicted octanol–water partition coefficient (Wildman–Crippen LogP) is 3.27. The van der Waals surface area contributed by atoms with Gasteiger partial charge >= 0.3 is 0 Å². The third-order valence-electron chi connectivity index (χ3n) is 3.23. The van der Waals surface area contributed by atoms with E-state index < -0.39 is 0 Å². The Morgan fingerprint density at radius 3 is 2.59 bits per heavy atom. The van der Waals surface area contributed by atoms with E-state index in [4.69, 9.17) is 0 Å². The van der Waals surface area contributed by atoms with Crippen molar-refractivity contribution in [2.45, 2.75) is 26.8 Å². The summed E-state index contributed by atoms with van der Waals surface area (Å²) >= 11 is 3.49. The second kappa shape index (κ2) is 4.99. The van der Waals surface area contributed by atoms with Crippen molar-refractivity contribution in [1.82, 2.24) is 5.32 Å². The average Bonchev–Trinajstić information content (AvgIpc) is 2.39. The largest absolute Gasteiger partial charge is 0.369 e. The molecule has 1 aliphatic rings.